The molecule has 9 nitrogen and oxygen atoms in total. The standard InChI is InChI=1S/C22H28N4O5/c1-16-13-20(24-31-16)23-21(27)14-25-8-10-26(11-9-25)22(28)18-6-2-3-7-19(18)30-15-17-5-4-12-29-17/h2-3,6-7,13,17H,4-5,8-12,14-15H2,1H3,(H,23,24,27). The summed E-state index contributed by atoms with van der Waals surface area (Å²) in [6.45, 7) is 5.59. The highest BCUT2D eigenvalue weighted by Gasteiger charge is 2.26. The van der Waals surface area contributed by atoms with E-state index in [4.69, 9.17) is 14.0 Å². The highest BCUT2D eigenvalue weighted by Crippen LogP contribution is 2.22. The van der Waals surface area contributed by atoms with Crippen molar-refractivity contribution in [3.63, 3.8) is 0 Å². The Hall–Kier alpha value is -2.91. The lowest BCUT2D eigenvalue weighted by Crippen LogP contribution is -2.50. The van der Waals surface area contributed by atoms with Crippen LogP contribution in [0.1, 0.15) is 29.0 Å². The summed E-state index contributed by atoms with van der Waals surface area (Å²) < 4.78 is 16.5. The average molecular weight is 428 g/mol. The lowest BCUT2D eigenvalue weighted by atomic mass is 10.1. The number of nitrogens with one attached hydrogen (secondary N) is 1. The van der Waals surface area contributed by atoms with Gasteiger partial charge in [0.25, 0.3) is 5.91 Å². The van der Waals surface area contributed by atoms with Gasteiger partial charge in [0, 0.05) is 38.9 Å². The Labute approximate surface area is 181 Å². The SMILES string of the molecule is Cc1cc(NC(=O)CN2CCN(C(=O)c3ccccc3OCC3CCCO3)CC2)no1. The van der Waals surface area contributed by atoms with E-state index in [1.54, 1.807) is 19.1 Å². The molecule has 0 spiro atoms. The van der Waals surface area contributed by atoms with E-state index in [-0.39, 0.29) is 24.5 Å². The number of para-hydroxylation sites is 1. The Morgan fingerprint density at radius 2 is 2.03 bits per heavy atom. The monoisotopic (exact) mass is 428 g/mol. The predicted octanol–water partition coefficient (Wildman–Crippen LogP) is 1.94. The molecule has 0 bridgehead atoms. The molecular formula is C22H28N4O5. The number of carbonyl (C=O) groups is 2. The molecule has 1 atom stereocenters. The van der Waals surface area contributed by atoms with E-state index < -0.39 is 0 Å². The number of benzene rings is 1. The highest BCUT2D eigenvalue weighted by molar-refractivity contribution is 5.97. The second kappa shape index (κ2) is 9.93. The minimum Gasteiger partial charge on any atom is -0.490 e. The first-order chi connectivity index (χ1) is 15.1. The average Bonchev–Trinajstić information content (AvgIpc) is 3.44. The van der Waals surface area contributed by atoms with Gasteiger partial charge in [-0.15, -0.1) is 0 Å². The molecule has 1 N–H and O–H groups in total. The molecule has 1 aromatic heterocycles. The van der Waals surface area contributed by atoms with Crippen molar-refractivity contribution in [1.82, 2.24) is 15.0 Å². The molecule has 1 unspecified atom stereocenters. The Kier molecular flexibility index (Phi) is 6.83. The summed E-state index contributed by atoms with van der Waals surface area (Å²) in [5.41, 5.74) is 0.563. The van der Waals surface area contributed by atoms with E-state index in [1.807, 2.05) is 28.0 Å². The molecule has 0 saturated carbocycles. The highest BCUT2D eigenvalue weighted by atomic mass is 16.5. The Morgan fingerprint density at radius 1 is 1.23 bits per heavy atom. The van der Waals surface area contributed by atoms with Crippen LogP contribution >= 0.6 is 0 Å². The molecule has 0 aliphatic carbocycles. The molecule has 166 valence electrons. The van der Waals surface area contributed by atoms with Crippen LogP contribution in [-0.2, 0) is 9.53 Å². The van der Waals surface area contributed by atoms with Crippen LogP contribution in [0, 0.1) is 6.92 Å². The Bertz CT molecular complexity index is 901. The fourth-order valence-corrected chi connectivity index (χ4v) is 3.82. The summed E-state index contributed by atoms with van der Waals surface area (Å²) >= 11 is 0. The van der Waals surface area contributed by atoms with Gasteiger partial charge in [-0.25, -0.2) is 0 Å². The van der Waals surface area contributed by atoms with Gasteiger partial charge in [-0.2, -0.15) is 0 Å². The number of rotatable bonds is 7. The number of hydrogen-bond acceptors (Lipinski definition) is 7. The molecule has 2 fully saturated rings. The molecule has 2 amide bonds. The first-order valence-corrected chi connectivity index (χ1v) is 10.7. The van der Waals surface area contributed by atoms with Crippen LogP contribution in [-0.4, -0.2) is 78.8 Å². The number of aryl methyl sites for hydroxylation is 1. The number of ether oxygens (including phenoxy) is 2. The number of nitrogens with zero attached hydrogens (tertiary/aromatic N) is 3. The van der Waals surface area contributed by atoms with Crippen LogP contribution in [0.25, 0.3) is 0 Å². The van der Waals surface area contributed by atoms with Gasteiger partial charge in [-0.3, -0.25) is 14.5 Å². The van der Waals surface area contributed by atoms with Crippen LogP contribution in [0.4, 0.5) is 5.82 Å². The quantitative estimate of drug-likeness (QED) is 0.720. The molecule has 2 aliphatic rings. The summed E-state index contributed by atoms with van der Waals surface area (Å²) in [6, 6.07) is 9.01. The number of anilines is 1. The number of aromatic nitrogens is 1. The summed E-state index contributed by atoms with van der Waals surface area (Å²) in [5, 5.41) is 6.49. The van der Waals surface area contributed by atoms with Gasteiger partial charge in [0.2, 0.25) is 5.91 Å². The maximum absolute atomic E-state index is 13.1. The predicted molar refractivity (Wildman–Crippen MR) is 113 cm³/mol. The Balaban J connectivity index is 1.27. The van der Waals surface area contributed by atoms with Crippen molar-refractivity contribution in [2.75, 3.05) is 51.3 Å². The fraction of sp³-hybridized carbons (Fsp3) is 0.500. The summed E-state index contributed by atoms with van der Waals surface area (Å²) in [7, 11) is 0. The van der Waals surface area contributed by atoms with Crippen molar-refractivity contribution < 1.29 is 23.6 Å². The maximum atomic E-state index is 13.1. The molecular weight excluding hydrogens is 400 g/mol. The zero-order valence-electron chi connectivity index (χ0n) is 17.7. The molecule has 0 radical (unpaired) electrons. The van der Waals surface area contributed by atoms with E-state index in [0.29, 0.717) is 55.7 Å². The number of carbonyl (C=O) groups excluding carboxylic acids is 2. The lowest BCUT2D eigenvalue weighted by molar-refractivity contribution is -0.117. The van der Waals surface area contributed by atoms with Crippen molar-refractivity contribution >= 4 is 17.6 Å². The lowest BCUT2D eigenvalue weighted by Gasteiger charge is -2.34. The first kappa shape index (κ1) is 21.3. The van der Waals surface area contributed by atoms with Gasteiger partial charge in [0.05, 0.1) is 18.2 Å². The van der Waals surface area contributed by atoms with Crippen LogP contribution < -0.4 is 10.1 Å². The first-order valence-electron chi connectivity index (χ1n) is 10.7. The molecule has 1 aromatic carbocycles. The topological polar surface area (TPSA) is 97.1 Å². The third-order valence-corrected chi connectivity index (χ3v) is 5.49. The van der Waals surface area contributed by atoms with Crippen molar-refractivity contribution in [3.05, 3.63) is 41.7 Å². The van der Waals surface area contributed by atoms with Gasteiger partial charge < -0.3 is 24.2 Å². The third-order valence-electron chi connectivity index (χ3n) is 5.49. The molecule has 2 aromatic rings. The second-order valence-corrected chi connectivity index (χ2v) is 7.88. The van der Waals surface area contributed by atoms with Gasteiger partial charge >= 0.3 is 0 Å². The van der Waals surface area contributed by atoms with Gasteiger partial charge in [-0.1, -0.05) is 17.3 Å². The molecule has 2 aliphatic heterocycles. The zero-order valence-corrected chi connectivity index (χ0v) is 17.7. The summed E-state index contributed by atoms with van der Waals surface area (Å²) in [6.07, 6.45) is 2.14. The maximum Gasteiger partial charge on any atom is 0.257 e. The van der Waals surface area contributed by atoms with Crippen molar-refractivity contribution in [3.8, 4) is 5.75 Å². The van der Waals surface area contributed by atoms with Crippen molar-refractivity contribution in [2.24, 2.45) is 0 Å². The number of amides is 2. The number of hydrogen-bond donors (Lipinski definition) is 1. The van der Waals surface area contributed by atoms with E-state index in [2.05, 4.69) is 10.5 Å². The van der Waals surface area contributed by atoms with Crippen LogP contribution in [0.3, 0.4) is 0 Å². The molecule has 2 saturated heterocycles. The van der Waals surface area contributed by atoms with Crippen LogP contribution in [0.2, 0.25) is 0 Å². The molecule has 9 heteroatoms. The normalized spacial score (nSPS) is 19.4. The third kappa shape index (κ3) is 5.62. The van der Waals surface area contributed by atoms with E-state index in [1.165, 1.54) is 0 Å². The molecule has 4 rings (SSSR count). The number of piperazine rings is 1. The second-order valence-electron chi connectivity index (χ2n) is 7.88. The smallest absolute Gasteiger partial charge is 0.257 e. The van der Waals surface area contributed by atoms with E-state index in [0.717, 1.165) is 19.4 Å². The summed E-state index contributed by atoms with van der Waals surface area (Å²) in [4.78, 5) is 29.1. The minimum absolute atomic E-state index is 0.0508. The Morgan fingerprint density at radius 3 is 2.74 bits per heavy atom. The van der Waals surface area contributed by atoms with Crippen LogP contribution in [0.5, 0.6) is 5.75 Å². The molecule has 3 heterocycles. The van der Waals surface area contributed by atoms with Crippen LogP contribution in [0.15, 0.2) is 34.9 Å². The zero-order chi connectivity index (χ0) is 21.6. The van der Waals surface area contributed by atoms with Crippen molar-refractivity contribution in [1.29, 1.82) is 0 Å². The summed E-state index contributed by atoms with van der Waals surface area (Å²) in [5.74, 6) is 1.44. The molecule has 31 heavy (non-hydrogen) atoms. The van der Waals surface area contributed by atoms with E-state index in [9.17, 15) is 9.59 Å². The minimum atomic E-state index is -0.152. The van der Waals surface area contributed by atoms with Crippen molar-refractivity contribution in [2.45, 2.75) is 25.9 Å². The fourth-order valence-electron chi connectivity index (χ4n) is 3.82. The van der Waals surface area contributed by atoms with Gasteiger partial charge in [-0.05, 0) is 31.9 Å². The largest absolute Gasteiger partial charge is 0.490 e. The van der Waals surface area contributed by atoms with E-state index >= 15 is 0 Å². The van der Waals surface area contributed by atoms with Gasteiger partial charge in [0.15, 0.2) is 5.82 Å². The van der Waals surface area contributed by atoms with Gasteiger partial charge in [0.1, 0.15) is 18.1 Å².